The van der Waals surface area contributed by atoms with Gasteiger partial charge < -0.3 is 10.1 Å². The van der Waals surface area contributed by atoms with Gasteiger partial charge in [-0.1, -0.05) is 6.07 Å². The first kappa shape index (κ1) is 16.2. The molecule has 0 radical (unpaired) electrons. The number of carbonyl (C=O) groups is 2. The Bertz CT molecular complexity index is 618. The minimum Gasteiger partial charge on any atom is -0.491 e. The largest absolute Gasteiger partial charge is 0.491 e. The maximum absolute atomic E-state index is 11.9. The molecule has 1 aromatic heterocycles. The second-order valence-electron chi connectivity index (χ2n) is 5.14. The van der Waals surface area contributed by atoms with Crippen LogP contribution in [-0.2, 0) is 4.79 Å². The summed E-state index contributed by atoms with van der Waals surface area (Å²) in [6.45, 7) is 3.92. The van der Waals surface area contributed by atoms with Gasteiger partial charge in [0.1, 0.15) is 5.75 Å². The summed E-state index contributed by atoms with van der Waals surface area (Å²) in [6, 6.07) is 10.8. The lowest BCUT2D eigenvalue weighted by Gasteiger charge is -2.10. The fourth-order valence-electron chi connectivity index (χ4n) is 1.90. The van der Waals surface area contributed by atoms with Gasteiger partial charge in [-0.15, -0.1) is 11.3 Å². The Morgan fingerprint density at radius 3 is 2.45 bits per heavy atom. The van der Waals surface area contributed by atoms with Gasteiger partial charge in [0.15, 0.2) is 5.78 Å². The van der Waals surface area contributed by atoms with Crippen molar-refractivity contribution < 1.29 is 14.3 Å². The summed E-state index contributed by atoms with van der Waals surface area (Å²) in [6.07, 6.45) is 0.519. The molecular weight excluding hydrogens is 298 g/mol. The topological polar surface area (TPSA) is 55.4 Å². The normalized spacial score (nSPS) is 10.5. The zero-order chi connectivity index (χ0) is 15.9. The third-order valence-corrected chi connectivity index (χ3v) is 3.80. The van der Waals surface area contributed by atoms with E-state index in [2.05, 4.69) is 5.32 Å². The fourth-order valence-corrected chi connectivity index (χ4v) is 2.59. The highest BCUT2D eigenvalue weighted by Gasteiger charge is 2.10. The molecule has 1 aromatic carbocycles. The monoisotopic (exact) mass is 317 g/mol. The van der Waals surface area contributed by atoms with Crippen LogP contribution >= 0.6 is 11.3 Å². The van der Waals surface area contributed by atoms with Gasteiger partial charge in [0.2, 0.25) is 5.91 Å². The predicted octanol–water partition coefficient (Wildman–Crippen LogP) is 4.14. The lowest BCUT2D eigenvalue weighted by Crippen LogP contribution is -2.13. The molecule has 2 aromatic rings. The van der Waals surface area contributed by atoms with Gasteiger partial charge in [0, 0.05) is 18.5 Å². The molecular formula is C17H19NO3S. The lowest BCUT2D eigenvalue weighted by molar-refractivity contribution is -0.116. The minimum atomic E-state index is -0.164. The smallest absolute Gasteiger partial charge is 0.224 e. The Hall–Kier alpha value is -2.14. The summed E-state index contributed by atoms with van der Waals surface area (Å²) in [5.41, 5.74) is 0.699. The first-order valence-electron chi connectivity index (χ1n) is 7.18. The second-order valence-corrected chi connectivity index (χ2v) is 6.09. The van der Waals surface area contributed by atoms with Crippen LogP contribution in [0.1, 0.15) is 36.4 Å². The maximum atomic E-state index is 11.9. The fraction of sp³-hybridized carbons (Fsp3) is 0.294. The molecule has 0 aliphatic carbocycles. The first-order chi connectivity index (χ1) is 10.5. The van der Waals surface area contributed by atoms with Gasteiger partial charge in [0.05, 0.1) is 11.0 Å². The number of carbonyl (C=O) groups excluding carboxylic acids is 2. The molecule has 0 saturated carbocycles. The van der Waals surface area contributed by atoms with Crippen LogP contribution in [0.3, 0.4) is 0 Å². The Labute approximate surface area is 134 Å². The van der Waals surface area contributed by atoms with Crippen molar-refractivity contribution >= 4 is 28.7 Å². The number of hydrogen-bond donors (Lipinski definition) is 1. The van der Waals surface area contributed by atoms with Crippen molar-refractivity contribution in [3.05, 3.63) is 46.7 Å². The molecule has 2 rings (SSSR count). The van der Waals surface area contributed by atoms with Crippen molar-refractivity contribution in [2.75, 3.05) is 5.32 Å². The van der Waals surface area contributed by atoms with Gasteiger partial charge in [0.25, 0.3) is 0 Å². The van der Waals surface area contributed by atoms with E-state index in [1.807, 2.05) is 37.4 Å². The van der Waals surface area contributed by atoms with Crippen LogP contribution in [0.15, 0.2) is 41.8 Å². The molecule has 0 spiro atoms. The van der Waals surface area contributed by atoms with E-state index in [1.54, 1.807) is 18.2 Å². The number of anilines is 1. The molecule has 0 fully saturated rings. The molecule has 1 heterocycles. The van der Waals surface area contributed by atoms with Crippen LogP contribution in [0.4, 0.5) is 5.69 Å². The number of ketones is 1. The van der Waals surface area contributed by atoms with Crippen LogP contribution in [0.2, 0.25) is 0 Å². The molecule has 0 bridgehead atoms. The molecule has 1 amide bonds. The summed E-state index contributed by atoms with van der Waals surface area (Å²) in [4.78, 5) is 24.4. The number of nitrogens with one attached hydrogen (secondary N) is 1. The zero-order valence-electron chi connectivity index (χ0n) is 12.7. The van der Waals surface area contributed by atoms with Crippen LogP contribution in [0.5, 0.6) is 5.75 Å². The number of Topliss-reactive ketones (excluding diaryl/α,β-unsaturated/α-hetero) is 1. The average molecular weight is 317 g/mol. The van der Waals surface area contributed by atoms with E-state index in [9.17, 15) is 9.59 Å². The number of thiophene rings is 1. The Morgan fingerprint density at radius 1 is 1.14 bits per heavy atom. The third kappa shape index (κ3) is 5.00. The van der Waals surface area contributed by atoms with Gasteiger partial charge in [-0.2, -0.15) is 0 Å². The average Bonchev–Trinajstić information content (AvgIpc) is 3.00. The van der Waals surface area contributed by atoms with Crippen LogP contribution in [0.25, 0.3) is 0 Å². The predicted molar refractivity (Wildman–Crippen MR) is 88.7 cm³/mol. The molecule has 0 saturated heterocycles. The van der Waals surface area contributed by atoms with Crippen LogP contribution < -0.4 is 10.1 Å². The third-order valence-electron chi connectivity index (χ3n) is 2.88. The molecule has 4 nitrogen and oxygen atoms in total. The van der Waals surface area contributed by atoms with E-state index in [4.69, 9.17) is 4.74 Å². The number of amides is 1. The number of rotatable bonds is 7. The Balaban J connectivity index is 1.80. The van der Waals surface area contributed by atoms with Crippen LogP contribution in [0, 0.1) is 0 Å². The summed E-state index contributed by atoms with van der Waals surface area (Å²) >= 11 is 1.40. The van der Waals surface area contributed by atoms with Crippen molar-refractivity contribution in [2.24, 2.45) is 0 Å². The Kier molecular flexibility index (Phi) is 5.72. The van der Waals surface area contributed by atoms with Gasteiger partial charge in [-0.05, 0) is 49.6 Å². The molecule has 1 N–H and O–H groups in total. The summed E-state index contributed by atoms with van der Waals surface area (Å²) in [7, 11) is 0. The van der Waals surface area contributed by atoms with E-state index in [1.165, 1.54) is 11.3 Å². The quantitative estimate of drug-likeness (QED) is 0.781. The number of ether oxygens (including phenoxy) is 1. The van der Waals surface area contributed by atoms with Crippen LogP contribution in [-0.4, -0.2) is 17.8 Å². The van der Waals surface area contributed by atoms with E-state index >= 15 is 0 Å². The molecule has 0 aliphatic rings. The highest BCUT2D eigenvalue weighted by atomic mass is 32.1. The highest BCUT2D eigenvalue weighted by Crippen LogP contribution is 2.17. The standard InChI is InChI=1S/C17H19NO3S/c1-12(2)21-14-7-5-13(6-8-14)18-17(20)10-9-15(19)16-4-3-11-22-16/h3-8,11-12H,9-10H2,1-2H3,(H,18,20). The molecule has 116 valence electrons. The molecule has 0 unspecified atom stereocenters. The van der Waals surface area contributed by atoms with Crippen molar-refractivity contribution in [2.45, 2.75) is 32.8 Å². The maximum Gasteiger partial charge on any atom is 0.224 e. The molecule has 22 heavy (non-hydrogen) atoms. The minimum absolute atomic E-state index is 0.00540. The van der Waals surface area contributed by atoms with E-state index < -0.39 is 0 Å². The van der Waals surface area contributed by atoms with E-state index in [-0.39, 0.29) is 30.6 Å². The van der Waals surface area contributed by atoms with E-state index in [0.717, 1.165) is 5.75 Å². The van der Waals surface area contributed by atoms with Crippen molar-refractivity contribution in [3.63, 3.8) is 0 Å². The Morgan fingerprint density at radius 2 is 1.86 bits per heavy atom. The van der Waals surface area contributed by atoms with E-state index in [0.29, 0.717) is 10.6 Å². The highest BCUT2D eigenvalue weighted by molar-refractivity contribution is 7.12. The summed E-state index contributed by atoms with van der Waals surface area (Å²) < 4.78 is 5.54. The summed E-state index contributed by atoms with van der Waals surface area (Å²) in [5, 5.41) is 4.64. The lowest BCUT2D eigenvalue weighted by atomic mass is 10.2. The van der Waals surface area contributed by atoms with Crippen molar-refractivity contribution in [1.29, 1.82) is 0 Å². The first-order valence-corrected chi connectivity index (χ1v) is 8.06. The molecule has 0 aliphatic heterocycles. The van der Waals surface area contributed by atoms with Gasteiger partial charge >= 0.3 is 0 Å². The van der Waals surface area contributed by atoms with Gasteiger partial charge in [-0.3, -0.25) is 9.59 Å². The van der Waals surface area contributed by atoms with Crippen molar-refractivity contribution in [3.8, 4) is 5.75 Å². The van der Waals surface area contributed by atoms with Crippen molar-refractivity contribution in [1.82, 2.24) is 0 Å². The number of hydrogen-bond acceptors (Lipinski definition) is 4. The molecule has 0 atom stereocenters. The van der Waals surface area contributed by atoms with Gasteiger partial charge in [-0.25, -0.2) is 0 Å². The SMILES string of the molecule is CC(C)Oc1ccc(NC(=O)CCC(=O)c2cccs2)cc1. The summed E-state index contributed by atoms with van der Waals surface area (Å²) in [5.74, 6) is 0.606. The zero-order valence-corrected chi connectivity index (χ0v) is 13.5. The molecule has 5 heteroatoms. The second kappa shape index (κ2) is 7.75. The number of benzene rings is 1.